The molecule has 2 aromatic carbocycles. The lowest BCUT2D eigenvalue weighted by Gasteiger charge is -2.34. The van der Waals surface area contributed by atoms with Crippen molar-refractivity contribution < 1.29 is 13.9 Å². The van der Waals surface area contributed by atoms with E-state index in [2.05, 4.69) is 29.4 Å². The number of para-hydroxylation sites is 2. The van der Waals surface area contributed by atoms with Gasteiger partial charge in [0.2, 0.25) is 0 Å². The standard InChI is InChI=1S/C22H21N3O3S2/c1-27-15-6-3-5-14-13-16(28-20(14)15)21(26)24-9-11-25(12-10-24)22-23-19-17(29-2)7-4-8-18(19)30-22/h3-8,13H,9-12H2,1-2H3. The Bertz CT molecular complexity index is 1230. The van der Waals surface area contributed by atoms with Crippen molar-refractivity contribution in [2.45, 2.75) is 4.90 Å². The number of hydrogen-bond donors (Lipinski definition) is 0. The van der Waals surface area contributed by atoms with Gasteiger partial charge in [0.25, 0.3) is 5.91 Å². The lowest BCUT2D eigenvalue weighted by atomic mass is 10.2. The maximum atomic E-state index is 13.0. The molecule has 8 heteroatoms. The van der Waals surface area contributed by atoms with Crippen LogP contribution in [0, 0.1) is 0 Å². The third kappa shape index (κ3) is 3.30. The number of thiazole rings is 1. The van der Waals surface area contributed by atoms with Crippen LogP contribution in [0.5, 0.6) is 5.75 Å². The molecule has 1 saturated heterocycles. The highest BCUT2D eigenvalue weighted by atomic mass is 32.2. The van der Waals surface area contributed by atoms with Crippen LogP contribution in [0.4, 0.5) is 5.13 Å². The van der Waals surface area contributed by atoms with Gasteiger partial charge in [-0.25, -0.2) is 4.98 Å². The van der Waals surface area contributed by atoms with E-state index in [1.807, 2.05) is 23.1 Å². The monoisotopic (exact) mass is 439 g/mol. The molecule has 1 fully saturated rings. The van der Waals surface area contributed by atoms with Crippen LogP contribution in [-0.2, 0) is 0 Å². The Balaban J connectivity index is 1.32. The van der Waals surface area contributed by atoms with Crippen LogP contribution in [0.2, 0.25) is 0 Å². The first-order valence-electron chi connectivity index (χ1n) is 9.72. The van der Waals surface area contributed by atoms with E-state index in [0.29, 0.717) is 30.2 Å². The second kappa shape index (κ2) is 7.85. The van der Waals surface area contributed by atoms with Gasteiger partial charge in [-0.1, -0.05) is 29.5 Å². The van der Waals surface area contributed by atoms with Crippen molar-refractivity contribution >= 4 is 55.3 Å². The highest BCUT2D eigenvalue weighted by Gasteiger charge is 2.26. The predicted molar refractivity (Wildman–Crippen MR) is 122 cm³/mol. The largest absolute Gasteiger partial charge is 0.493 e. The van der Waals surface area contributed by atoms with Crippen LogP contribution < -0.4 is 9.64 Å². The van der Waals surface area contributed by atoms with E-state index in [4.69, 9.17) is 14.1 Å². The fraction of sp³-hybridized carbons (Fsp3) is 0.273. The summed E-state index contributed by atoms with van der Waals surface area (Å²) >= 11 is 3.43. The molecule has 154 valence electrons. The number of amides is 1. The summed E-state index contributed by atoms with van der Waals surface area (Å²) in [5.74, 6) is 0.909. The Morgan fingerprint density at radius 1 is 1.17 bits per heavy atom. The number of hydrogen-bond acceptors (Lipinski definition) is 7. The van der Waals surface area contributed by atoms with Crippen molar-refractivity contribution in [3.63, 3.8) is 0 Å². The van der Waals surface area contributed by atoms with Gasteiger partial charge in [-0.2, -0.15) is 0 Å². The molecular formula is C22H21N3O3S2. The number of aromatic nitrogens is 1. The maximum absolute atomic E-state index is 13.0. The number of furan rings is 1. The predicted octanol–water partition coefficient (Wildman–Crippen LogP) is 4.74. The lowest BCUT2D eigenvalue weighted by molar-refractivity contribution is 0.0717. The number of ether oxygens (including phenoxy) is 1. The van der Waals surface area contributed by atoms with Gasteiger partial charge >= 0.3 is 0 Å². The number of rotatable bonds is 4. The molecule has 3 heterocycles. The van der Waals surface area contributed by atoms with Crippen molar-refractivity contribution in [1.29, 1.82) is 0 Å². The number of nitrogens with zero attached hydrogens (tertiary/aromatic N) is 3. The molecule has 0 bridgehead atoms. The topological polar surface area (TPSA) is 58.8 Å². The molecule has 2 aromatic heterocycles. The second-order valence-corrected chi connectivity index (χ2v) is 8.93. The number of methoxy groups -OCH3 is 1. The van der Waals surface area contributed by atoms with E-state index in [1.54, 1.807) is 36.3 Å². The summed E-state index contributed by atoms with van der Waals surface area (Å²) in [5.41, 5.74) is 1.68. The van der Waals surface area contributed by atoms with E-state index in [0.717, 1.165) is 29.1 Å². The molecule has 0 N–H and O–H groups in total. The molecule has 4 aromatic rings. The molecule has 0 aliphatic carbocycles. The number of thioether (sulfide) groups is 1. The molecule has 1 aliphatic rings. The summed E-state index contributed by atoms with van der Waals surface area (Å²) in [7, 11) is 1.60. The van der Waals surface area contributed by atoms with Crippen molar-refractivity contribution in [3.05, 3.63) is 48.2 Å². The number of fused-ring (bicyclic) bond motifs is 2. The molecule has 30 heavy (non-hydrogen) atoms. The first-order chi connectivity index (χ1) is 14.7. The number of carbonyl (C=O) groups excluding carboxylic acids is 1. The van der Waals surface area contributed by atoms with Crippen LogP contribution in [0.1, 0.15) is 10.6 Å². The van der Waals surface area contributed by atoms with Crippen LogP contribution >= 0.6 is 23.1 Å². The van der Waals surface area contributed by atoms with Gasteiger partial charge in [-0.15, -0.1) is 11.8 Å². The smallest absolute Gasteiger partial charge is 0.289 e. The highest BCUT2D eigenvalue weighted by Crippen LogP contribution is 2.34. The zero-order valence-corrected chi connectivity index (χ0v) is 18.4. The molecule has 0 spiro atoms. The Morgan fingerprint density at radius 3 is 2.73 bits per heavy atom. The van der Waals surface area contributed by atoms with Crippen molar-refractivity contribution in [3.8, 4) is 5.75 Å². The highest BCUT2D eigenvalue weighted by molar-refractivity contribution is 7.98. The van der Waals surface area contributed by atoms with Crippen molar-refractivity contribution in [1.82, 2.24) is 9.88 Å². The Kier molecular flexibility index (Phi) is 5.04. The van der Waals surface area contributed by atoms with Crippen molar-refractivity contribution in [2.24, 2.45) is 0 Å². The summed E-state index contributed by atoms with van der Waals surface area (Å²) in [6.07, 6.45) is 2.08. The second-order valence-electron chi connectivity index (χ2n) is 7.07. The first-order valence-corrected chi connectivity index (χ1v) is 11.8. The molecule has 6 nitrogen and oxygen atoms in total. The zero-order valence-electron chi connectivity index (χ0n) is 16.8. The Morgan fingerprint density at radius 2 is 1.97 bits per heavy atom. The minimum atomic E-state index is -0.0816. The SMILES string of the molecule is COc1cccc2cc(C(=O)N3CCN(c4nc5c(SC)cccc5s4)CC3)oc12. The average Bonchev–Trinajstić information content (AvgIpc) is 3.42. The number of benzene rings is 2. The average molecular weight is 440 g/mol. The van der Waals surface area contributed by atoms with Gasteiger partial charge in [0.15, 0.2) is 22.2 Å². The summed E-state index contributed by atoms with van der Waals surface area (Å²) in [4.78, 5) is 23.2. The first kappa shape index (κ1) is 19.3. The van der Waals surface area contributed by atoms with E-state index in [9.17, 15) is 4.79 Å². The Hall–Kier alpha value is -2.71. The molecule has 0 radical (unpaired) electrons. The molecule has 1 aliphatic heterocycles. The number of piperazine rings is 1. The molecule has 1 amide bonds. The molecule has 0 atom stereocenters. The van der Waals surface area contributed by atoms with Crippen LogP contribution in [0.25, 0.3) is 21.2 Å². The van der Waals surface area contributed by atoms with E-state index in [1.165, 1.54) is 9.60 Å². The Labute approximate surface area is 182 Å². The summed E-state index contributed by atoms with van der Waals surface area (Å²) in [5, 5.41) is 1.89. The zero-order chi connectivity index (χ0) is 20.7. The van der Waals surface area contributed by atoms with Gasteiger partial charge in [0, 0.05) is 36.5 Å². The van der Waals surface area contributed by atoms with Crippen LogP contribution in [-0.4, -0.2) is 55.3 Å². The number of carbonyl (C=O) groups is 1. The van der Waals surface area contributed by atoms with Gasteiger partial charge in [0.05, 0.1) is 17.3 Å². The van der Waals surface area contributed by atoms with Gasteiger partial charge in [0.1, 0.15) is 0 Å². The van der Waals surface area contributed by atoms with Gasteiger partial charge in [-0.3, -0.25) is 4.79 Å². The minimum absolute atomic E-state index is 0.0816. The maximum Gasteiger partial charge on any atom is 0.289 e. The molecule has 5 rings (SSSR count). The fourth-order valence-electron chi connectivity index (χ4n) is 3.77. The molecular weight excluding hydrogens is 418 g/mol. The lowest BCUT2D eigenvalue weighted by Crippen LogP contribution is -2.48. The van der Waals surface area contributed by atoms with E-state index >= 15 is 0 Å². The molecule has 0 unspecified atom stereocenters. The van der Waals surface area contributed by atoms with Crippen LogP contribution in [0.15, 0.2) is 51.8 Å². The summed E-state index contributed by atoms with van der Waals surface area (Å²) < 4.78 is 12.4. The molecule has 0 saturated carbocycles. The third-order valence-electron chi connectivity index (χ3n) is 5.37. The summed E-state index contributed by atoms with van der Waals surface area (Å²) in [6, 6.07) is 13.7. The van der Waals surface area contributed by atoms with E-state index < -0.39 is 0 Å². The fourth-order valence-corrected chi connectivity index (χ4v) is 5.44. The van der Waals surface area contributed by atoms with Crippen molar-refractivity contribution in [2.75, 3.05) is 44.4 Å². The van der Waals surface area contributed by atoms with E-state index in [-0.39, 0.29) is 5.91 Å². The normalized spacial score (nSPS) is 14.6. The van der Waals surface area contributed by atoms with Crippen LogP contribution in [0.3, 0.4) is 0 Å². The number of anilines is 1. The third-order valence-corrected chi connectivity index (χ3v) is 7.22. The quantitative estimate of drug-likeness (QED) is 0.428. The summed E-state index contributed by atoms with van der Waals surface area (Å²) in [6.45, 7) is 2.78. The minimum Gasteiger partial charge on any atom is -0.493 e. The van der Waals surface area contributed by atoms with Gasteiger partial charge < -0.3 is 19.0 Å². The van der Waals surface area contributed by atoms with Gasteiger partial charge in [-0.05, 0) is 30.5 Å².